The van der Waals surface area contributed by atoms with Gasteiger partial charge in [-0.05, 0) is 12.1 Å². The predicted octanol–water partition coefficient (Wildman–Crippen LogP) is 1.43. The van der Waals surface area contributed by atoms with Crippen molar-refractivity contribution in [1.29, 1.82) is 0 Å². The van der Waals surface area contributed by atoms with E-state index in [0.29, 0.717) is 0 Å². The minimum atomic E-state index is -0.00231. The van der Waals surface area contributed by atoms with E-state index >= 15 is 0 Å². The van der Waals surface area contributed by atoms with Crippen molar-refractivity contribution in [2.75, 3.05) is 0 Å². The molecule has 0 atom stereocenters. The first-order valence-electron chi connectivity index (χ1n) is 2.49. The predicted molar refractivity (Wildman–Crippen MR) is 34.7 cm³/mol. The van der Waals surface area contributed by atoms with Crippen LogP contribution in [0.1, 0.15) is 0 Å². The molecular weight excluding hydrogens is 114 g/mol. The Morgan fingerprint density at radius 3 is 1.67 bits per heavy atom. The van der Waals surface area contributed by atoms with Gasteiger partial charge < -0.3 is 0 Å². The lowest BCUT2D eigenvalue weighted by Gasteiger charge is -1.96. The quantitative estimate of drug-likeness (QED) is 0.496. The molecular formula is C6H6N3. The fourth-order valence-corrected chi connectivity index (χ4v) is 0.552. The largest absolute Gasteiger partial charge is 0.299 e. The van der Waals surface area contributed by atoms with Crippen molar-refractivity contribution < 1.29 is 0 Å². The van der Waals surface area contributed by atoms with Crippen molar-refractivity contribution >= 4 is 17.1 Å². The van der Waals surface area contributed by atoms with Crippen molar-refractivity contribution in [3.05, 3.63) is 18.2 Å². The van der Waals surface area contributed by atoms with Gasteiger partial charge in [0.05, 0.1) is 11.4 Å². The van der Waals surface area contributed by atoms with Crippen LogP contribution in [0, 0.1) is 0 Å². The first-order chi connectivity index (χ1) is 4.22. The van der Waals surface area contributed by atoms with Crippen molar-refractivity contribution in [2.45, 2.75) is 0 Å². The van der Waals surface area contributed by atoms with E-state index in [9.17, 15) is 0 Å². The summed E-state index contributed by atoms with van der Waals surface area (Å²) >= 11 is 0. The Labute approximate surface area is 53.5 Å². The van der Waals surface area contributed by atoms with Crippen LogP contribution in [0.15, 0.2) is 18.2 Å². The van der Waals surface area contributed by atoms with E-state index < -0.39 is 0 Å². The Bertz CT molecular complexity index is 199. The van der Waals surface area contributed by atoms with E-state index in [4.69, 9.17) is 17.2 Å². The normalized spacial score (nSPS) is 9.33. The van der Waals surface area contributed by atoms with E-state index in [1.807, 2.05) is 0 Å². The number of nitrogens with one attached hydrogen (secondary N) is 3. The van der Waals surface area contributed by atoms with Crippen molar-refractivity contribution in [2.24, 2.45) is 0 Å². The van der Waals surface area contributed by atoms with Gasteiger partial charge in [-0.1, -0.05) is 6.07 Å². The van der Waals surface area contributed by atoms with Crippen LogP contribution in [0.2, 0.25) is 0 Å². The van der Waals surface area contributed by atoms with Crippen molar-refractivity contribution in [3.63, 3.8) is 0 Å². The SMILES string of the molecule is [NH]c1cccc([NH])c1[NH]. The van der Waals surface area contributed by atoms with Crippen LogP contribution in [-0.4, -0.2) is 0 Å². The molecule has 0 aromatic heterocycles. The van der Waals surface area contributed by atoms with Gasteiger partial charge in [0.1, 0.15) is 5.69 Å². The summed E-state index contributed by atoms with van der Waals surface area (Å²) in [6.07, 6.45) is 0. The minimum absolute atomic E-state index is 0.00231. The number of rotatable bonds is 0. The maximum absolute atomic E-state index is 7.07. The standard InChI is InChI=1S/C6H6N3/c7-4-2-1-3-5(8)6(4)9/h1-3,7-9H. The molecule has 0 saturated heterocycles. The van der Waals surface area contributed by atoms with Crippen LogP contribution < -0.4 is 17.2 Å². The monoisotopic (exact) mass is 120 g/mol. The Balaban J connectivity index is 3.25. The Hall–Kier alpha value is -1.38. The molecule has 9 heavy (non-hydrogen) atoms. The molecule has 0 bridgehead atoms. The molecule has 0 aliphatic carbocycles. The molecule has 3 radical (unpaired) electrons. The third-order valence-electron chi connectivity index (χ3n) is 1.06. The molecule has 0 aliphatic heterocycles. The van der Waals surface area contributed by atoms with Gasteiger partial charge in [-0.3, -0.25) is 17.2 Å². The molecule has 1 aromatic carbocycles. The average molecular weight is 120 g/mol. The van der Waals surface area contributed by atoms with Gasteiger partial charge >= 0.3 is 0 Å². The maximum Gasteiger partial charge on any atom is 0.104 e. The molecule has 0 heterocycles. The molecule has 0 spiro atoms. The second kappa shape index (κ2) is 1.85. The molecule has 3 nitrogen and oxygen atoms in total. The zero-order valence-electron chi connectivity index (χ0n) is 4.73. The summed E-state index contributed by atoms with van der Waals surface area (Å²) in [4.78, 5) is 0. The Kier molecular flexibility index (Phi) is 1.18. The maximum atomic E-state index is 7.07. The first kappa shape index (κ1) is 5.75. The summed E-state index contributed by atoms with van der Waals surface area (Å²) in [5, 5.41) is 0. The lowest BCUT2D eigenvalue weighted by atomic mass is 10.2. The number of benzene rings is 1. The van der Waals surface area contributed by atoms with E-state index in [2.05, 4.69) is 0 Å². The van der Waals surface area contributed by atoms with Gasteiger partial charge in [-0.15, -0.1) is 0 Å². The Morgan fingerprint density at radius 1 is 0.889 bits per heavy atom. The fourth-order valence-electron chi connectivity index (χ4n) is 0.552. The van der Waals surface area contributed by atoms with Gasteiger partial charge in [-0.25, -0.2) is 0 Å². The molecule has 0 aliphatic rings. The highest BCUT2D eigenvalue weighted by molar-refractivity contribution is 5.71. The molecule has 0 amide bonds. The number of hydrogen-bond donors (Lipinski definition) is 0. The van der Waals surface area contributed by atoms with E-state index in [1.165, 1.54) is 12.1 Å². The van der Waals surface area contributed by atoms with Crippen LogP contribution in [0.4, 0.5) is 17.1 Å². The Morgan fingerprint density at radius 2 is 1.33 bits per heavy atom. The second-order valence-corrected chi connectivity index (χ2v) is 1.73. The summed E-state index contributed by atoms with van der Waals surface area (Å²) in [6, 6.07) is 4.60. The highest BCUT2D eigenvalue weighted by atomic mass is 14.7. The van der Waals surface area contributed by atoms with E-state index in [0.717, 1.165) is 0 Å². The van der Waals surface area contributed by atoms with Gasteiger partial charge in [0.2, 0.25) is 0 Å². The van der Waals surface area contributed by atoms with Crippen LogP contribution >= 0.6 is 0 Å². The van der Waals surface area contributed by atoms with Gasteiger partial charge in [0, 0.05) is 0 Å². The molecule has 0 saturated carbocycles. The summed E-state index contributed by atoms with van der Waals surface area (Å²) in [6.45, 7) is 0. The minimum Gasteiger partial charge on any atom is -0.299 e. The fraction of sp³-hybridized carbons (Fsp3) is 0. The molecule has 0 unspecified atom stereocenters. The summed E-state index contributed by atoms with van der Waals surface area (Å²) < 4.78 is 0. The summed E-state index contributed by atoms with van der Waals surface area (Å²) in [5.74, 6) is 0. The summed E-state index contributed by atoms with van der Waals surface area (Å²) in [7, 11) is 0. The topological polar surface area (TPSA) is 71.4 Å². The average Bonchev–Trinajstić information content (AvgIpc) is 1.83. The van der Waals surface area contributed by atoms with Crippen molar-refractivity contribution in [3.8, 4) is 0 Å². The first-order valence-corrected chi connectivity index (χ1v) is 2.49. The lowest BCUT2D eigenvalue weighted by molar-refractivity contribution is 1.35. The second-order valence-electron chi connectivity index (χ2n) is 1.73. The summed E-state index contributed by atoms with van der Waals surface area (Å²) in [5.41, 5.74) is 21.4. The highest BCUT2D eigenvalue weighted by Gasteiger charge is 1.97. The third-order valence-corrected chi connectivity index (χ3v) is 1.06. The smallest absolute Gasteiger partial charge is 0.104 e. The third kappa shape index (κ3) is 0.887. The molecule has 1 rings (SSSR count). The molecule has 0 fully saturated rings. The van der Waals surface area contributed by atoms with Crippen molar-refractivity contribution in [1.82, 2.24) is 17.2 Å². The van der Waals surface area contributed by atoms with E-state index in [1.54, 1.807) is 6.07 Å². The lowest BCUT2D eigenvalue weighted by Crippen LogP contribution is -1.77. The number of hydrogen-bond acceptors (Lipinski definition) is 0. The van der Waals surface area contributed by atoms with Gasteiger partial charge in [0.25, 0.3) is 0 Å². The van der Waals surface area contributed by atoms with Crippen LogP contribution in [0.5, 0.6) is 0 Å². The molecule has 3 heteroatoms. The molecule has 3 N–H and O–H groups in total. The van der Waals surface area contributed by atoms with Crippen LogP contribution in [0.25, 0.3) is 0 Å². The van der Waals surface area contributed by atoms with Crippen LogP contribution in [0.3, 0.4) is 0 Å². The zero-order chi connectivity index (χ0) is 6.85. The van der Waals surface area contributed by atoms with E-state index in [-0.39, 0.29) is 17.1 Å². The molecule has 45 valence electrons. The van der Waals surface area contributed by atoms with Gasteiger partial charge in [0.15, 0.2) is 0 Å². The van der Waals surface area contributed by atoms with Crippen LogP contribution in [-0.2, 0) is 0 Å². The van der Waals surface area contributed by atoms with Gasteiger partial charge in [-0.2, -0.15) is 0 Å². The zero-order valence-corrected chi connectivity index (χ0v) is 4.73. The highest BCUT2D eigenvalue weighted by Crippen LogP contribution is 2.24. The molecule has 1 aromatic rings.